The predicted octanol–water partition coefficient (Wildman–Crippen LogP) is 6.48. The zero-order valence-corrected chi connectivity index (χ0v) is 15.6. The topological polar surface area (TPSA) is 12.5 Å². The van der Waals surface area contributed by atoms with Crippen molar-refractivity contribution in [2.24, 2.45) is 0 Å². The third-order valence-corrected chi connectivity index (χ3v) is 4.34. The Kier molecular flexibility index (Phi) is 10.5. The maximum absolute atomic E-state index is 6.22. The van der Waals surface area contributed by atoms with Crippen molar-refractivity contribution in [3.05, 3.63) is 47.2 Å². The lowest BCUT2D eigenvalue weighted by Gasteiger charge is -2.28. The molecule has 2 nitrogen and oxygen atoms in total. The van der Waals surface area contributed by atoms with E-state index in [2.05, 4.69) is 63.1 Å². The average molecular weight is 318 g/mol. The number of unbranched alkanes of at least 4 members (excludes halogenated alkanes) is 3. The van der Waals surface area contributed by atoms with E-state index in [1.54, 1.807) is 0 Å². The molecule has 1 aromatic carbocycles. The molecule has 0 amide bonds. The molecule has 0 aliphatic carbocycles. The Balaban J connectivity index is 2.76. The Morgan fingerprint density at radius 2 is 1.57 bits per heavy atom. The third kappa shape index (κ3) is 7.22. The fourth-order valence-corrected chi connectivity index (χ4v) is 2.95. The minimum absolute atomic E-state index is 0.652. The molecule has 0 saturated heterocycles. The monoisotopic (exact) mass is 317 g/mol. The van der Waals surface area contributed by atoms with Gasteiger partial charge in [-0.1, -0.05) is 77.3 Å². The molecule has 0 unspecified atom stereocenters. The van der Waals surface area contributed by atoms with Crippen molar-refractivity contribution in [1.82, 2.24) is 5.06 Å². The van der Waals surface area contributed by atoms with Gasteiger partial charge in [0.25, 0.3) is 0 Å². The summed E-state index contributed by atoms with van der Waals surface area (Å²) in [6.07, 6.45) is 8.33. The van der Waals surface area contributed by atoms with E-state index in [0.717, 1.165) is 25.8 Å². The molecule has 1 rings (SSSR count). The van der Waals surface area contributed by atoms with Crippen molar-refractivity contribution in [1.29, 1.82) is 0 Å². The van der Waals surface area contributed by atoms with E-state index in [1.165, 1.54) is 42.5 Å². The van der Waals surface area contributed by atoms with Crippen molar-refractivity contribution in [2.75, 3.05) is 6.54 Å². The van der Waals surface area contributed by atoms with Crippen LogP contribution in [0.25, 0.3) is 0 Å². The summed E-state index contributed by atoms with van der Waals surface area (Å²) >= 11 is 0. The number of nitrogens with zero attached hydrogens (tertiary/aromatic N) is 1. The maximum Gasteiger partial charge on any atom is 0.0999 e. The normalized spacial score (nSPS) is 10.6. The second kappa shape index (κ2) is 12.2. The molecule has 0 heterocycles. The Labute approximate surface area is 143 Å². The minimum Gasteiger partial charge on any atom is -0.269 e. The van der Waals surface area contributed by atoms with Crippen molar-refractivity contribution in [3.63, 3.8) is 0 Å². The number of hydrogen-bond acceptors (Lipinski definition) is 2. The highest BCUT2D eigenvalue weighted by Gasteiger charge is 2.13. The van der Waals surface area contributed by atoms with Gasteiger partial charge < -0.3 is 0 Å². The molecular weight excluding hydrogens is 282 g/mol. The van der Waals surface area contributed by atoms with Crippen LogP contribution in [0.1, 0.15) is 78.2 Å². The highest BCUT2D eigenvalue weighted by Crippen LogP contribution is 2.22. The second-order valence-electron chi connectivity index (χ2n) is 6.03. The number of benzene rings is 1. The van der Waals surface area contributed by atoms with Crippen molar-refractivity contribution < 1.29 is 4.84 Å². The fraction of sp³-hybridized carbons (Fsp3) is 0.619. The van der Waals surface area contributed by atoms with Gasteiger partial charge in [-0.2, -0.15) is 0 Å². The van der Waals surface area contributed by atoms with Crippen LogP contribution in [0.2, 0.25) is 0 Å². The van der Waals surface area contributed by atoms with Gasteiger partial charge in [-0.25, -0.2) is 0 Å². The first-order valence-corrected chi connectivity index (χ1v) is 9.41. The molecule has 0 aromatic heterocycles. The number of hydrogen-bond donors (Lipinski definition) is 0. The number of allylic oxidation sites excluding steroid dienone is 2. The van der Waals surface area contributed by atoms with E-state index < -0.39 is 0 Å². The van der Waals surface area contributed by atoms with Crippen LogP contribution in [0.5, 0.6) is 0 Å². The van der Waals surface area contributed by atoms with Crippen LogP contribution in [0.4, 0.5) is 0 Å². The highest BCUT2D eigenvalue weighted by molar-refractivity contribution is 5.14. The summed E-state index contributed by atoms with van der Waals surface area (Å²) in [5, 5.41) is 2.19. The first kappa shape index (κ1) is 19.8. The summed E-state index contributed by atoms with van der Waals surface area (Å²) in [7, 11) is 0. The Hall–Kier alpha value is -1.28. The van der Waals surface area contributed by atoms with E-state index in [9.17, 15) is 0 Å². The molecule has 0 N–H and O–H groups in total. The zero-order valence-electron chi connectivity index (χ0n) is 15.6. The minimum atomic E-state index is 0.652. The Morgan fingerprint density at radius 1 is 0.870 bits per heavy atom. The van der Waals surface area contributed by atoms with Gasteiger partial charge in [0.05, 0.1) is 6.61 Å². The molecule has 0 bridgehead atoms. The van der Waals surface area contributed by atoms with Crippen LogP contribution in [-0.4, -0.2) is 11.6 Å². The van der Waals surface area contributed by atoms with Crippen molar-refractivity contribution >= 4 is 0 Å². The largest absolute Gasteiger partial charge is 0.269 e. The molecule has 0 radical (unpaired) electrons. The lowest BCUT2D eigenvalue weighted by molar-refractivity contribution is -0.146. The molecule has 0 spiro atoms. The van der Waals surface area contributed by atoms with E-state index in [1.807, 2.05) is 0 Å². The molecule has 130 valence electrons. The van der Waals surface area contributed by atoms with Gasteiger partial charge in [0.1, 0.15) is 0 Å². The zero-order chi connectivity index (χ0) is 16.9. The average Bonchev–Trinajstić information content (AvgIpc) is 2.60. The molecule has 23 heavy (non-hydrogen) atoms. The lowest BCUT2D eigenvalue weighted by atomic mass is 10.1. The molecular formula is C21H35NO. The fourth-order valence-electron chi connectivity index (χ4n) is 2.95. The summed E-state index contributed by atoms with van der Waals surface area (Å²) in [5.74, 6) is 0. The summed E-state index contributed by atoms with van der Waals surface area (Å²) in [5.41, 5.74) is 4.15. The molecule has 0 aliphatic rings. The van der Waals surface area contributed by atoms with Crippen LogP contribution in [-0.2, 0) is 11.4 Å². The number of rotatable bonds is 12. The molecule has 0 saturated carbocycles. The quantitative estimate of drug-likeness (QED) is 0.323. The van der Waals surface area contributed by atoms with Crippen LogP contribution >= 0.6 is 0 Å². The summed E-state index contributed by atoms with van der Waals surface area (Å²) < 4.78 is 0. The summed E-state index contributed by atoms with van der Waals surface area (Å²) in [6.45, 7) is 10.7. The van der Waals surface area contributed by atoms with E-state index in [4.69, 9.17) is 4.84 Å². The summed E-state index contributed by atoms with van der Waals surface area (Å²) in [4.78, 5) is 6.22. The third-order valence-electron chi connectivity index (χ3n) is 4.34. The lowest BCUT2D eigenvalue weighted by Crippen LogP contribution is -2.26. The van der Waals surface area contributed by atoms with Crippen LogP contribution in [0.3, 0.4) is 0 Å². The maximum atomic E-state index is 6.22. The summed E-state index contributed by atoms with van der Waals surface area (Å²) in [6, 6.07) is 10.5. The standard InChI is InChI=1S/C21H35NO/c1-5-9-10-14-17-22(21(8-4)20(6-2)7-3)23-18-19-15-12-11-13-16-19/h11-13,15-16H,5-10,14,17-18H2,1-4H3. The van der Waals surface area contributed by atoms with Crippen LogP contribution in [0, 0.1) is 0 Å². The molecule has 0 atom stereocenters. The van der Waals surface area contributed by atoms with Gasteiger partial charge in [0, 0.05) is 12.2 Å². The van der Waals surface area contributed by atoms with E-state index in [0.29, 0.717) is 6.61 Å². The first-order chi connectivity index (χ1) is 11.3. The van der Waals surface area contributed by atoms with Crippen molar-refractivity contribution in [2.45, 2.75) is 79.2 Å². The molecule has 0 fully saturated rings. The predicted molar refractivity (Wildman–Crippen MR) is 100.0 cm³/mol. The Bertz CT molecular complexity index is 432. The van der Waals surface area contributed by atoms with Gasteiger partial charge in [0.2, 0.25) is 0 Å². The van der Waals surface area contributed by atoms with Gasteiger partial charge >= 0.3 is 0 Å². The first-order valence-electron chi connectivity index (χ1n) is 9.41. The van der Waals surface area contributed by atoms with Gasteiger partial charge in [-0.05, 0) is 36.8 Å². The van der Waals surface area contributed by atoms with Crippen LogP contribution in [0.15, 0.2) is 41.6 Å². The SMILES string of the molecule is CCCCCCN(OCc1ccccc1)C(CC)=C(CC)CC. The molecule has 0 aliphatic heterocycles. The Morgan fingerprint density at radius 3 is 2.13 bits per heavy atom. The van der Waals surface area contributed by atoms with Gasteiger partial charge in [0.15, 0.2) is 0 Å². The van der Waals surface area contributed by atoms with Gasteiger partial charge in [-0.3, -0.25) is 9.90 Å². The second-order valence-corrected chi connectivity index (χ2v) is 6.03. The molecule has 2 heteroatoms. The van der Waals surface area contributed by atoms with Crippen LogP contribution < -0.4 is 0 Å². The molecule has 1 aromatic rings. The van der Waals surface area contributed by atoms with Gasteiger partial charge in [-0.15, -0.1) is 0 Å². The highest BCUT2D eigenvalue weighted by atomic mass is 16.7. The van der Waals surface area contributed by atoms with E-state index in [-0.39, 0.29) is 0 Å². The van der Waals surface area contributed by atoms with Crippen molar-refractivity contribution in [3.8, 4) is 0 Å². The smallest absolute Gasteiger partial charge is 0.0999 e. The van der Waals surface area contributed by atoms with E-state index >= 15 is 0 Å². The number of hydroxylamine groups is 2.